The zero-order chi connectivity index (χ0) is 37.5. The van der Waals surface area contributed by atoms with Gasteiger partial charge in [-0.1, -0.05) is 97.1 Å². The predicted octanol–water partition coefficient (Wildman–Crippen LogP) is 14.9. The Kier molecular flexibility index (Phi) is 6.86. The van der Waals surface area contributed by atoms with Gasteiger partial charge in [-0.3, -0.25) is 0 Å². The van der Waals surface area contributed by atoms with Gasteiger partial charge in [0.15, 0.2) is 11.5 Å². The Hall–Kier alpha value is -7.76. The number of fused-ring (bicyclic) bond motifs is 9. The molecule has 0 atom stereocenters. The molecule has 0 saturated carbocycles. The van der Waals surface area contributed by atoms with Crippen molar-refractivity contribution in [2.75, 3.05) is 9.80 Å². The fourth-order valence-corrected chi connectivity index (χ4v) is 8.73. The summed E-state index contributed by atoms with van der Waals surface area (Å²) >= 11 is 0. The maximum absolute atomic E-state index is 6.78. The van der Waals surface area contributed by atoms with Gasteiger partial charge in [0.25, 0.3) is 0 Å². The highest BCUT2D eigenvalue weighted by atomic mass is 16.5. The van der Waals surface area contributed by atoms with Crippen LogP contribution in [-0.2, 0) is 0 Å². The maximum atomic E-state index is 6.78. The van der Waals surface area contributed by atoms with Crippen LogP contribution >= 0.6 is 0 Å². The largest absolute Gasteiger partial charge is 0.456 e. The predicted molar refractivity (Wildman–Crippen MR) is 235 cm³/mol. The smallest absolute Gasteiger partial charge is 0.153 e. The minimum absolute atomic E-state index is 0.767. The summed E-state index contributed by atoms with van der Waals surface area (Å²) in [5.74, 6) is 1.56. The van der Waals surface area contributed by atoms with E-state index in [2.05, 4.69) is 190 Å². The second-order valence-corrected chi connectivity index (χ2v) is 14.6. The van der Waals surface area contributed by atoms with Crippen LogP contribution in [0.4, 0.5) is 34.1 Å². The van der Waals surface area contributed by atoms with Crippen molar-refractivity contribution in [2.45, 2.75) is 0 Å². The number of rotatable bonds is 5. The number of anilines is 6. The molecule has 9 aromatic carbocycles. The number of furan rings is 1. The van der Waals surface area contributed by atoms with Crippen molar-refractivity contribution in [3.8, 4) is 17.2 Å². The van der Waals surface area contributed by atoms with E-state index in [9.17, 15) is 0 Å². The number of nitrogens with zero attached hydrogens (tertiary/aromatic N) is 3. The van der Waals surface area contributed by atoms with Gasteiger partial charge in [0.1, 0.15) is 11.2 Å². The first-order chi connectivity index (χ1) is 28.2. The Morgan fingerprint density at radius 2 is 1.04 bits per heavy atom. The van der Waals surface area contributed by atoms with E-state index >= 15 is 0 Å². The minimum Gasteiger partial charge on any atom is -0.456 e. The van der Waals surface area contributed by atoms with Crippen molar-refractivity contribution >= 4 is 88.6 Å². The maximum Gasteiger partial charge on any atom is 0.153 e. The molecule has 0 radical (unpaired) electrons. The average molecular weight is 732 g/mol. The van der Waals surface area contributed by atoms with Crippen LogP contribution in [0.1, 0.15) is 0 Å². The van der Waals surface area contributed by atoms with E-state index in [0.29, 0.717) is 0 Å². The lowest BCUT2D eigenvalue weighted by Crippen LogP contribution is -2.17. The molecular weight excluding hydrogens is 699 g/mol. The zero-order valence-electron chi connectivity index (χ0n) is 30.7. The molecule has 268 valence electrons. The van der Waals surface area contributed by atoms with Crippen LogP contribution in [0.2, 0.25) is 0 Å². The van der Waals surface area contributed by atoms with Gasteiger partial charge in [0.05, 0.1) is 28.1 Å². The SMILES string of the molecule is c1ccc(-n2c3ccccc3c3cc(N(c4ccc5c(c4)Oc4ccccc4N5c4ccc5c(c4)oc4ccccc45)c4ccc5ccccc5c4)ccc32)cc1. The molecule has 0 amide bonds. The van der Waals surface area contributed by atoms with Crippen LogP contribution in [0, 0.1) is 0 Å². The molecule has 3 heterocycles. The van der Waals surface area contributed by atoms with E-state index in [0.717, 1.165) is 78.8 Å². The third-order valence-corrected chi connectivity index (χ3v) is 11.3. The van der Waals surface area contributed by atoms with E-state index in [4.69, 9.17) is 9.15 Å². The number of aromatic nitrogens is 1. The number of para-hydroxylation sites is 5. The average Bonchev–Trinajstić information content (AvgIpc) is 3.81. The van der Waals surface area contributed by atoms with Crippen molar-refractivity contribution in [1.82, 2.24) is 4.57 Å². The molecule has 1 aliphatic heterocycles. The molecule has 0 spiro atoms. The summed E-state index contributed by atoms with van der Waals surface area (Å²) in [6.07, 6.45) is 0. The Bertz CT molecular complexity index is 3360. The van der Waals surface area contributed by atoms with Gasteiger partial charge in [-0.2, -0.15) is 0 Å². The Labute approximate surface area is 328 Å². The molecule has 11 aromatic rings. The summed E-state index contributed by atoms with van der Waals surface area (Å²) in [5, 5.41) is 6.98. The molecular formula is C52H33N3O2. The molecule has 1 aliphatic rings. The highest BCUT2D eigenvalue weighted by Crippen LogP contribution is 2.53. The van der Waals surface area contributed by atoms with Gasteiger partial charge in [-0.25, -0.2) is 0 Å². The van der Waals surface area contributed by atoms with Crippen molar-refractivity contribution < 1.29 is 9.15 Å². The topological polar surface area (TPSA) is 33.8 Å². The second-order valence-electron chi connectivity index (χ2n) is 14.6. The molecule has 0 fully saturated rings. The van der Waals surface area contributed by atoms with Crippen molar-refractivity contribution in [1.29, 1.82) is 0 Å². The molecule has 2 aromatic heterocycles. The molecule has 0 aliphatic carbocycles. The summed E-state index contributed by atoms with van der Waals surface area (Å²) in [4.78, 5) is 4.62. The van der Waals surface area contributed by atoms with Crippen molar-refractivity contribution in [3.05, 3.63) is 200 Å². The fraction of sp³-hybridized carbons (Fsp3) is 0. The lowest BCUT2D eigenvalue weighted by molar-refractivity contribution is 0.477. The lowest BCUT2D eigenvalue weighted by atomic mass is 10.1. The molecule has 5 nitrogen and oxygen atoms in total. The van der Waals surface area contributed by atoms with Gasteiger partial charge in [0.2, 0.25) is 0 Å². The third kappa shape index (κ3) is 4.96. The van der Waals surface area contributed by atoms with E-state index < -0.39 is 0 Å². The third-order valence-electron chi connectivity index (χ3n) is 11.3. The summed E-state index contributed by atoms with van der Waals surface area (Å²) < 4.78 is 15.5. The van der Waals surface area contributed by atoms with Crippen LogP contribution in [0.15, 0.2) is 205 Å². The minimum atomic E-state index is 0.767. The molecule has 0 N–H and O–H groups in total. The first-order valence-corrected chi connectivity index (χ1v) is 19.3. The summed E-state index contributed by atoms with van der Waals surface area (Å²) in [7, 11) is 0. The van der Waals surface area contributed by atoms with Crippen LogP contribution in [0.3, 0.4) is 0 Å². The van der Waals surface area contributed by atoms with E-state index in [-0.39, 0.29) is 0 Å². The fourth-order valence-electron chi connectivity index (χ4n) is 8.73. The lowest BCUT2D eigenvalue weighted by Gasteiger charge is -2.34. The van der Waals surface area contributed by atoms with Crippen molar-refractivity contribution in [2.24, 2.45) is 0 Å². The van der Waals surface area contributed by atoms with Gasteiger partial charge in [0, 0.05) is 56.4 Å². The Morgan fingerprint density at radius 1 is 0.368 bits per heavy atom. The van der Waals surface area contributed by atoms with Gasteiger partial charge >= 0.3 is 0 Å². The molecule has 12 rings (SSSR count). The molecule has 5 heteroatoms. The number of ether oxygens (including phenoxy) is 1. The first-order valence-electron chi connectivity index (χ1n) is 19.3. The molecule has 57 heavy (non-hydrogen) atoms. The van der Waals surface area contributed by atoms with Gasteiger partial charge in [-0.05, 0) is 102 Å². The first kappa shape index (κ1) is 31.6. The zero-order valence-corrected chi connectivity index (χ0v) is 30.7. The molecule has 0 saturated heterocycles. The normalized spacial score (nSPS) is 12.3. The standard InChI is InChI=1S/C52H33N3O2/c1-2-14-36(15-3-1)54-45-18-8-6-16-41(45)44-31-38(25-28-46(44)54)53(37-23-22-34-12-4-5-13-35(34)30-37)39-26-29-48-52(33-39)57-50-21-11-9-19-47(50)55(48)40-24-27-43-42-17-7-10-20-49(42)56-51(43)32-40/h1-33H. The number of hydrogen-bond donors (Lipinski definition) is 0. The second kappa shape index (κ2) is 12.4. The number of hydrogen-bond acceptors (Lipinski definition) is 4. The van der Waals surface area contributed by atoms with Crippen LogP contribution in [-0.4, -0.2) is 4.57 Å². The monoisotopic (exact) mass is 731 g/mol. The van der Waals surface area contributed by atoms with E-state index in [1.807, 2.05) is 24.3 Å². The highest BCUT2D eigenvalue weighted by molar-refractivity contribution is 6.11. The van der Waals surface area contributed by atoms with Crippen molar-refractivity contribution in [3.63, 3.8) is 0 Å². The van der Waals surface area contributed by atoms with Crippen LogP contribution < -0.4 is 14.5 Å². The van der Waals surface area contributed by atoms with Crippen LogP contribution in [0.5, 0.6) is 11.5 Å². The molecule has 0 unspecified atom stereocenters. The molecule has 0 bridgehead atoms. The summed E-state index contributed by atoms with van der Waals surface area (Å²) in [5.41, 5.74) is 11.2. The van der Waals surface area contributed by atoms with Gasteiger partial charge < -0.3 is 23.5 Å². The highest BCUT2D eigenvalue weighted by Gasteiger charge is 2.28. The summed E-state index contributed by atoms with van der Waals surface area (Å²) in [6, 6.07) is 70.8. The van der Waals surface area contributed by atoms with Gasteiger partial charge in [-0.15, -0.1) is 0 Å². The summed E-state index contributed by atoms with van der Waals surface area (Å²) in [6.45, 7) is 0. The van der Waals surface area contributed by atoms with Crippen LogP contribution in [0.25, 0.3) is 60.2 Å². The quantitative estimate of drug-likeness (QED) is 0.176. The van der Waals surface area contributed by atoms with E-state index in [1.165, 1.54) is 27.1 Å². The van der Waals surface area contributed by atoms with E-state index in [1.54, 1.807) is 0 Å². The Morgan fingerprint density at radius 3 is 1.96 bits per heavy atom. The number of benzene rings is 9. The Balaban J connectivity index is 1.05.